The Bertz CT molecular complexity index is 771. The van der Waals surface area contributed by atoms with Crippen molar-refractivity contribution in [3.05, 3.63) is 29.8 Å². The van der Waals surface area contributed by atoms with Gasteiger partial charge in [-0.05, 0) is 56.8 Å². The number of hydrogen-bond acceptors (Lipinski definition) is 6. The summed E-state index contributed by atoms with van der Waals surface area (Å²) >= 11 is 0. The molecule has 0 radical (unpaired) electrons. The number of aliphatic hydroxyl groups is 1. The highest BCUT2D eigenvalue weighted by Crippen LogP contribution is 2.54. The average molecular weight is 426 g/mol. The minimum absolute atomic E-state index is 0.0521. The van der Waals surface area contributed by atoms with Gasteiger partial charge in [0.05, 0.1) is 19.3 Å². The van der Waals surface area contributed by atoms with Crippen LogP contribution in [-0.4, -0.2) is 70.3 Å². The van der Waals surface area contributed by atoms with Gasteiger partial charge in [-0.25, -0.2) is 4.57 Å². The molecule has 0 amide bonds. The smallest absolute Gasteiger partial charge is 0.469 e. The zero-order chi connectivity index (χ0) is 20.8. The monoisotopic (exact) mass is 426 g/mol. The van der Waals surface area contributed by atoms with Crippen LogP contribution in [0.25, 0.3) is 0 Å². The first kappa shape index (κ1) is 21.2. The topological polar surface area (TPSA) is 111 Å². The number of fused-ring (bicyclic) bond motifs is 1. The maximum absolute atomic E-state index is 11.5. The van der Waals surface area contributed by atoms with Gasteiger partial charge >= 0.3 is 7.82 Å². The number of phosphoric acid groups is 1. The predicted molar refractivity (Wildman–Crippen MR) is 108 cm³/mol. The second kappa shape index (κ2) is 7.93. The van der Waals surface area contributed by atoms with Gasteiger partial charge in [0, 0.05) is 30.1 Å². The molecule has 2 saturated heterocycles. The molecular formula is C20H31N2O6P. The van der Waals surface area contributed by atoms with Gasteiger partial charge < -0.3 is 24.9 Å². The lowest BCUT2D eigenvalue weighted by Gasteiger charge is -2.57. The number of piperidine rings is 1. The molecule has 2 heterocycles. The second-order valence-electron chi connectivity index (χ2n) is 8.72. The van der Waals surface area contributed by atoms with Crippen molar-refractivity contribution < 1.29 is 28.7 Å². The van der Waals surface area contributed by atoms with Crippen molar-refractivity contribution in [3.63, 3.8) is 0 Å². The highest BCUT2D eigenvalue weighted by Gasteiger charge is 2.59. The maximum Gasteiger partial charge on any atom is 0.469 e. The minimum atomic E-state index is -4.60. The van der Waals surface area contributed by atoms with Crippen molar-refractivity contribution in [2.75, 3.05) is 20.7 Å². The molecular weight excluding hydrogens is 395 g/mol. The van der Waals surface area contributed by atoms with Gasteiger partial charge in [-0.15, -0.1) is 0 Å². The van der Waals surface area contributed by atoms with Crippen LogP contribution >= 0.6 is 7.82 Å². The van der Waals surface area contributed by atoms with Crippen molar-refractivity contribution >= 4 is 7.82 Å². The molecule has 162 valence electrons. The normalized spacial score (nSPS) is 37.3. The Kier molecular flexibility index (Phi) is 5.81. The molecule has 2 bridgehead atoms. The number of ether oxygens (including phenoxy) is 1. The molecule has 8 nitrogen and oxygen atoms in total. The molecule has 1 spiro atoms. The zero-order valence-corrected chi connectivity index (χ0v) is 17.8. The Labute approximate surface area is 171 Å². The van der Waals surface area contributed by atoms with Crippen LogP contribution in [0.5, 0.6) is 5.75 Å². The summed E-state index contributed by atoms with van der Waals surface area (Å²) in [6.45, 7) is 0.866. The van der Waals surface area contributed by atoms with Crippen molar-refractivity contribution in [2.24, 2.45) is 5.92 Å². The number of hydrogen-bond donors (Lipinski definition) is 4. The number of benzene rings is 1. The molecule has 0 aromatic heterocycles. The number of likely N-dealkylation sites (N-methyl/N-ethyl adjacent to an activating group) is 1. The Hall–Kier alpha value is -0.990. The van der Waals surface area contributed by atoms with Gasteiger partial charge in [0.2, 0.25) is 0 Å². The Morgan fingerprint density at radius 3 is 2.62 bits per heavy atom. The lowest BCUT2D eigenvalue weighted by molar-refractivity contribution is -0.144. The Morgan fingerprint density at radius 1 is 1.28 bits per heavy atom. The van der Waals surface area contributed by atoms with Crippen molar-refractivity contribution in [1.82, 2.24) is 10.2 Å². The SMILES string of the molecule is CN[C@H]1CN2[C@H](Cc3ccc(OC)cc3)[C@@H](O)[C@@H]3C[C@]2(CC[C@H]3OP(=O)(O)O)C1. The van der Waals surface area contributed by atoms with E-state index >= 15 is 0 Å². The van der Waals surface area contributed by atoms with E-state index in [4.69, 9.17) is 9.26 Å². The third-order valence-corrected chi connectivity index (χ3v) is 7.70. The van der Waals surface area contributed by atoms with Crippen LogP contribution < -0.4 is 10.1 Å². The van der Waals surface area contributed by atoms with E-state index in [2.05, 4.69) is 10.2 Å². The molecule has 3 aliphatic rings. The summed E-state index contributed by atoms with van der Waals surface area (Å²) in [6, 6.07) is 8.08. The van der Waals surface area contributed by atoms with Gasteiger partial charge in [-0.1, -0.05) is 12.1 Å². The summed E-state index contributed by atoms with van der Waals surface area (Å²) in [6.07, 6.45) is 2.39. The third kappa shape index (κ3) is 4.12. The van der Waals surface area contributed by atoms with Crippen molar-refractivity contribution in [2.45, 2.75) is 61.9 Å². The maximum atomic E-state index is 11.5. The molecule has 3 fully saturated rings. The van der Waals surface area contributed by atoms with E-state index in [1.54, 1.807) is 7.11 Å². The van der Waals surface area contributed by atoms with E-state index in [9.17, 15) is 19.5 Å². The Morgan fingerprint density at radius 2 is 2.00 bits per heavy atom. The fourth-order valence-corrected chi connectivity index (χ4v) is 6.46. The lowest BCUT2D eigenvalue weighted by atomic mass is 9.65. The number of nitrogens with one attached hydrogen (secondary N) is 1. The second-order valence-corrected chi connectivity index (χ2v) is 9.91. The van der Waals surface area contributed by atoms with E-state index in [0.717, 1.165) is 30.7 Å². The number of nitrogens with zero attached hydrogens (tertiary/aromatic N) is 1. The first-order valence-corrected chi connectivity index (χ1v) is 11.8. The van der Waals surface area contributed by atoms with Gasteiger partial charge in [-0.2, -0.15) is 0 Å². The van der Waals surface area contributed by atoms with Crippen LogP contribution in [0.2, 0.25) is 0 Å². The minimum Gasteiger partial charge on any atom is -0.497 e. The van der Waals surface area contributed by atoms with Crippen LogP contribution in [0, 0.1) is 5.92 Å². The fourth-order valence-electron chi connectivity index (χ4n) is 5.85. The molecule has 2 aliphatic heterocycles. The van der Waals surface area contributed by atoms with Gasteiger partial charge in [0.25, 0.3) is 0 Å². The van der Waals surface area contributed by atoms with Crippen LogP contribution in [-0.2, 0) is 15.5 Å². The summed E-state index contributed by atoms with van der Waals surface area (Å²) in [5.41, 5.74) is 1.05. The van der Waals surface area contributed by atoms with Crippen molar-refractivity contribution in [1.29, 1.82) is 0 Å². The van der Waals surface area contributed by atoms with E-state index < -0.39 is 20.0 Å². The number of methoxy groups -OCH3 is 1. The Balaban J connectivity index is 1.62. The molecule has 1 saturated carbocycles. The fraction of sp³-hybridized carbons (Fsp3) is 0.700. The summed E-state index contributed by atoms with van der Waals surface area (Å²) in [7, 11) is -1.00. The summed E-state index contributed by atoms with van der Waals surface area (Å²) in [5.74, 6) is 0.504. The van der Waals surface area contributed by atoms with Crippen molar-refractivity contribution in [3.8, 4) is 5.75 Å². The first-order valence-electron chi connectivity index (χ1n) is 10.2. The van der Waals surface area contributed by atoms with Crippen LogP contribution in [0.3, 0.4) is 0 Å². The molecule has 1 aromatic carbocycles. The van der Waals surface area contributed by atoms with Gasteiger partial charge in [0.1, 0.15) is 5.75 Å². The first-order chi connectivity index (χ1) is 13.7. The average Bonchev–Trinajstić information content (AvgIpc) is 3.05. The lowest BCUT2D eigenvalue weighted by Crippen LogP contribution is -2.66. The van der Waals surface area contributed by atoms with Crippen LogP contribution in [0.4, 0.5) is 0 Å². The highest BCUT2D eigenvalue weighted by molar-refractivity contribution is 7.46. The largest absolute Gasteiger partial charge is 0.497 e. The molecule has 0 unspecified atom stereocenters. The standard InChI is InChI=1S/C20H31N2O6P/c1-21-14-10-20-8-7-18(28-29(24,25)26)16(11-20)19(23)17(22(20)12-14)9-13-3-5-15(27-2)6-4-13/h3-6,14,16-19,21,23H,7-12H2,1-2H3,(H2,24,25,26)/t14-,16-,17-,18-,19+,20+/m1/s1. The number of phosphoric ester groups is 1. The summed E-state index contributed by atoms with van der Waals surface area (Å²) in [4.78, 5) is 21.1. The van der Waals surface area contributed by atoms with Gasteiger partial charge in [-0.3, -0.25) is 9.42 Å². The molecule has 1 aromatic rings. The highest BCUT2D eigenvalue weighted by atomic mass is 31.2. The molecule has 1 aliphatic carbocycles. The van der Waals surface area contributed by atoms with Crippen LogP contribution in [0.15, 0.2) is 24.3 Å². The molecule has 4 rings (SSSR count). The molecule has 29 heavy (non-hydrogen) atoms. The quantitative estimate of drug-likeness (QED) is 0.504. The van der Waals surface area contributed by atoms with Gasteiger partial charge in [0.15, 0.2) is 0 Å². The molecule has 9 heteroatoms. The molecule has 6 atom stereocenters. The zero-order valence-electron chi connectivity index (χ0n) is 16.9. The predicted octanol–water partition coefficient (Wildman–Crippen LogP) is 1.29. The van der Waals surface area contributed by atoms with E-state index in [0.29, 0.717) is 25.3 Å². The number of aliphatic hydroxyl groups excluding tert-OH is 1. The summed E-state index contributed by atoms with van der Waals surface area (Å²) in [5, 5.41) is 14.7. The molecule has 4 N–H and O–H groups in total. The summed E-state index contributed by atoms with van der Waals surface area (Å²) < 4.78 is 21.8. The van der Waals surface area contributed by atoms with E-state index in [-0.39, 0.29) is 17.5 Å². The third-order valence-electron chi connectivity index (χ3n) is 7.16. The van der Waals surface area contributed by atoms with E-state index in [1.807, 2.05) is 31.3 Å². The van der Waals surface area contributed by atoms with E-state index in [1.165, 1.54) is 0 Å². The van der Waals surface area contributed by atoms with Crippen LogP contribution in [0.1, 0.15) is 31.2 Å². The number of rotatable bonds is 6.